The van der Waals surface area contributed by atoms with Gasteiger partial charge in [0.05, 0.1) is 5.41 Å². The predicted molar refractivity (Wildman–Crippen MR) is 102 cm³/mol. The maximum Gasteiger partial charge on any atom is 0.242 e. The lowest BCUT2D eigenvalue weighted by molar-refractivity contribution is -0.133. The maximum absolute atomic E-state index is 13.2. The summed E-state index contributed by atoms with van der Waals surface area (Å²) in [6.07, 6.45) is 5.59. The first kappa shape index (κ1) is 19.8. The summed E-state index contributed by atoms with van der Waals surface area (Å²) in [5.41, 5.74) is 0.361. The number of carbonyl (C=O) groups excluding carboxylic acids is 2. The zero-order valence-electron chi connectivity index (χ0n) is 15.4. The van der Waals surface area contributed by atoms with Crippen molar-refractivity contribution in [3.8, 4) is 0 Å². The van der Waals surface area contributed by atoms with Gasteiger partial charge in [0, 0.05) is 11.1 Å². The minimum atomic E-state index is -0.589. The second-order valence-electron chi connectivity index (χ2n) is 7.17. The van der Waals surface area contributed by atoms with Crippen LogP contribution in [0.3, 0.4) is 0 Å². The predicted octanol–water partition coefficient (Wildman–Crippen LogP) is 3.96. The first-order valence-corrected chi connectivity index (χ1v) is 9.64. The van der Waals surface area contributed by atoms with Crippen molar-refractivity contribution in [1.82, 2.24) is 10.6 Å². The Labute approximate surface area is 155 Å². The maximum atomic E-state index is 13.2. The molecule has 4 nitrogen and oxygen atoms in total. The molecule has 25 heavy (non-hydrogen) atoms. The molecular weight excluding hydrogens is 336 g/mol. The molecule has 0 bridgehead atoms. The Hall–Kier alpha value is -1.55. The second-order valence-corrected chi connectivity index (χ2v) is 7.60. The third-order valence-electron chi connectivity index (χ3n) is 5.26. The van der Waals surface area contributed by atoms with Gasteiger partial charge in [0.1, 0.15) is 6.04 Å². The summed E-state index contributed by atoms with van der Waals surface area (Å²) in [6, 6.07) is 7.11. The van der Waals surface area contributed by atoms with Gasteiger partial charge in [0.2, 0.25) is 11.8 Å². The van der Waals surface area contributed by atoms with E-state index in [0.717, 1.165) is 44.1 Å². The highest BCUT2D eigenvalue weighted by molar-refractivity contribution is 6.30. The van der Waals surface area contributed by atoms with Crippen LogP contribution < -0.4 is 10.6 Å². The van der Waals surface area contributed by atoms with Crippen molar-refractivity contribution in [2.24, 2.45) is 0 Å². The van der Waals surface area contributed by atoms with Crippen LogP contribution in [0, 0.1) is 0 Å². The topological polar surface area (TPSA) is 58.2 Å². The van der Waals surface area contributed by atoms with E-state index in [9.17, 15) is 9.59 Å². The fourth-order valence-electron chi connectivity index (χ4n) is 3.46. The molecule has 2 rings (SSSR count). The van der Waals surface area contributed by atoms with Crippen LogP contribution in [0.4, 0.5) is 0 Å². The molecule has 0 aliphatic heterocycles. The summed E-state index contributed by atoms with van der Waals surface area (Å²) < 4.78 is 0. The molecule has 2 unspecified atom stereocenters. The average Bonchev–Trinajstić information content (AvgIpc) is 2.61. The van der Waals surface area contributed by atoms with Crippen molar-refractivity contribution < 1.29 is 9.59 Å². The van der Waals surface area contributed by atoms with Crippen LogP contribution in [0.15, 0.2) is 24.3 Å². The Morgan fingerprint density at radius 1 is 1.16 bits per heavy atom. The van der Waals surface area contributed by atoms with Crippen molar-refractivity contribution in [2.45, 2.75) is 76.8 Å². The quantitative estimate of drug-likeness (QED) is 0.802. The monoisotopic (exact) mass is 364 g/mol. The van der Waals surface area contributed by atoms with Gasteiger partial charge in [-0.1, -0.05) is 49.9 Å². The standard InChI is InChI=1S/C20H29ClN2O2/c1-4-14(2)22-18(24)15(3)23-19(25)20(11-6-5-7-12-20)16-9-8-10-17(21)13-16/h8-10,13-15H,4-7,11-12H2,1-3H3,(H,22,24)(H,23,25). The Morgan fingerprint density at radius 2 is 1.84 bits per heavy atom. The number of rotatable bonds is 6. The lowest BCUT2D eigenvalue weighted by Gasteiger charge is -2.37. The minimum absolute atomic E-state index is 0.0683. The zero-order valence-corrected chi connectivity index (χ0v) is 16.2. The lowest BCUT2D eigenvalue weighted by atomic mass is 9.68. The highest BCUT2D eigenvalue weighted by Gasteiger charge is 2.42. The summed E-state index contributed by atoms with van der Waals surface area (Å²) >= 11 is 6.16. The van der Waals surface area contributed by atoms with Crippen LogP contribution in [0.25, 0.3) is 0 Å². The fourth-order valence-corrected chi connectivity index (χ4v) is 3.65. The van der Waals surface area contributed by atoms with Gasteiger partial charge in [0.25, 0.3) is 0 Å². The summed E-state index contributed by atoms with van der Waals surface area (Å²) in [5.74, 6) is -0.207. The van der Waals surface area contributed by atoms with Crippen molar-refractivity contribution in [2.75, 3.05) is 0 Å². The van der Waals surface area contributed by atoms with Crippen LogP contribution in [0.2, 0.25) is 5.02 Å². The highest BCUT2D eigenvalue weighted by Crippen LogP contribution is 2.40. The van der Waals surface area contributed by atoms with E-state index in [2.05, 4.69) is 10.6 Å². The lowest BCUT2D eigenvalue weighted by Crippen LogP contribution is -2.53. The molecule has 5 heteroatoms. The summed E-state index contributed by atoms with van der Waals surface area (Å²) in [7, 11) is 0. The third kappa shape index (κ3) is 4.75. The number of benzene rings is 1. The Kier molecular flexibility index (Phi) is 6.88. The van der Waals surface area contributed by atoms with Crippen LogP contribution in [0.1, 0.15) is 64.9 Å². The molecule has 1 saturated carbocycles. The Bertz CT molecular complexity index is 611. The molecule has 1 fully saturated rings. The van der Waals surface area contributed by atoms with Crippen molar-refractivity contribution >= 4 is 23.4 Å². The van der Waals surface area contributed by atoms with Gasteiger partial charge >= 0.3 is 0 Å². The Morgan fingerprint density at radius 3 is 2.44 bits per heavy atom. The van der Waals surface area contributed by atoms with Gasteiger partial charge in [-0.25, -0.2) is 0 Å². The normalized spacial score (nSPS) is 18.9. The van der Waals surface area contributed by atoms with Crippen LogP contribution in [-0.4, -0.2) is 23.9 Å². The zero-order chi connectivity index (χ0) is 18.4. The molecule has 1 aromatic carbocycles. The molecule has 0 saturated heterocycles. The first-order valence-electron chi connectivity index (χ1n) is 9.26. The number of nitrogens with one attached hydrogen (secondary N) is 2. The SMILES string of the molecule is CCC(C)NC(=O)C(C)NC(=O)C1(c2cccc(Cl)c2)CCCCC1. The molecule has 2 amide bonds. The second kappa shape index (κ2) is 8.70. The number of halogens is 1. The van der Waals surface area contributed by atoms with Crippen LogP contribution in [0.5, 0.6) is 0 Å². The van der Waals surface area contributed by atoms with Crippen molar-refractivity contribution in [3.63, 3.8) is 0 Å². The fraction of sp³-hybridized carbons (Fsp3) is 0.600. The average molecular weight is 365 g/mol. The molecule has 138 valence electrons. The van der Waals surface area contributed by atoms with Crippen LogP contribution >= 0.6 is 11.6 Å². The van der Waals surface area contributed by atoms with E-state index in [1.807, 2.05) is 38.1 Å². The molecule has 0 radical (unpaired) electrons. The number of hydrogen-bond acceptors (Lipinski definition) is 2. The number of amides is 2. The molecule has 1 aromatic rings. The van der Waals surface area contributed by atoms with E-state index < -0.39 is 11.5 Å². The Balaban J connectivity index is 2.18. The number of carbonyl (C=O) groups is 2. The molecule has 0 aromatic heterocycles. The van der Waals surface area contributed by atoms with Gasteiger partial charge in [-0.2, -0.15) is 0 Å². The largest absolute Gasteiger partial charge is 0.352 e. The van der Waals surface area contributed by atoms with Gasteiger partial charge in [-0.3, -0.25) is 9.59 Å². The summed E-state index contributed by atoms with van der Waals surface area (Å²) in [4.78, 5) is 25.4. The van der Waals surface area contributed by atoms with Crippen molar-refractivity contribution in [1.29, 1.82) is 0 Å². The van der Waals surface area contributed by atoms with Gasteiger partial charge in [-0.05, 0) is 50.8 Å². The third-order valence-corrected chi connectivity index (χ3v) is 5.50. The van der Waals surface area contributed by atoms with Gasteiger partial charge < -0.3 is 10.6 Å². The summed E-state index contributed by atoms with van der Waals surface area (Å²) in [5, 5.41) is 6.50. The molecule has 1 aliphatic rings. The van der Waals surface area contributed by atoms with E-state index in [-0.39, 0.29) is 17.9 Å². The van der Waals surface area contributed by atoms with E-state index >= 15 is 0 Å². The minimum Gasteiger partial charge on any atom is -0.352 e. The van der Waals surface area contributed by atoms with Crippen molar-refractivity contribution in [3.05, 3.63) is 34.9 Å². The molecule has 1 aliphatic carbocycles. The van der Waals surface area contributed by atoms with E-state index in [1.165, 1.54) is 0 Å². The molecule has 2 N–H and O–H groups in total. The summed E-state index contributed by atoms with van der Waals surface area (Å²) in [6.45, 7) is 5.72. The smallest absolute Gasteiger partial charge is 0.242 e. The van der Waals surface area contributed by atoms with Crippen LogP contribution in [-0.2, 0) is 15.0 Å². The molecule has 0 spiro atoms. The van der Waals surface area contributed by atoms with Gasteiger partial charge in [0.15, 0.2) is 0 Å². The highest BCUT2D eigenvalue weighted by atomic mass is 35.5. The van der Waals surface area contributed by atoms with E-state index in [4.69, 9.17) is 11.6 Å². The number of hydrogen-bond donors (Lipinski definition) is 2. The van der Waals surface area contributed by atoms with E-state index in [1.54, 1.807) is 6.92 Å². The molecule has 0 heterocycles. The molecular formula is C20H29ClN2O2. The first-order chi connectivity index (χ1) is 11.9. The van der Waals surface area contributed by atoms with E-state index in [0.29, 0.717) is 5.02 Å². The molecule has 2 atom stereocenters. The van der Waals surface area contributed by atoms with Gasteiger partial charge in [-0.15, -0.1) is 0 Å².